The van der Waals surface area contributed by atoms with Gasteiger partial charge in [0.1, 0.15) is 17.1 Å². The number of nitrogens with zero attached hydrogens (tertiary/aromatic N) is 2. The van der Waals surface area contributed by atoms with Crippen LogP contribution in [0.1, 0.15) is 26.5 Å². The van der Waals surface area contributed by atoms with Crippen molar-refractivity contribution < 1.29 is 14.3 Å². The lowest BCUT2D eigenvalue weighted by atomic mass is 10.2. The Hall–Kier alpha value is -3.45. The molecule has 28 heavy (non-hydrogen) atoms. The van der Waals surface area contributed by atoms with Crippen molar-refractivity contribution in [2.24, 2.45) is 0 Å². The van der Waals surface area contributed by atoms with Gasteiger partial charge in [-0.2, -0.15) is 0 Å². The molecule has 2 amide bonds. The van der Waals surface area contributed by atoms with E-state index in [1.807, 2.05) is 0 Å². The van der Waals surface area contributed by atoms with Crippen LogP contribution in [0.5, 0.6) is 5.75 Å². The average molecular weight is 397 g/mol. The molecule has 3 aromatic rings. The van der Waals surface area contributed by atoms with E-state index in [1.54, 1.807) is 54.9 Å². The van der Waals surface area contributed by atoms with Gasteiger partial charge < -0.3 is 15.4 Å². The van der Waals surface area contributed by atoms with E-state index < -0.39 is 5.91 Å². The van der Waals surface area contributed by atoms with Crippen molar-refractivity contribution >= 4 is 29.1 Å². The molecule has 7 nitrogen and oxygen atoms in total. The van der Waals surface area contributed by atoms with Crippen molar-refractivity contribution in [2.75, 3.05) is 12.4 Å². The summed E-state index contributed by atoms with van der Waals surface area (Å²) in [5, 5.41) is 5.83. The number of amides is 2. The Labute approximate surface area is 166 Å². The molecule has 0 aliphatic carbocycles. The third kappa shape index (κ3) is 4.83. The van der Waals surface area contributed by atoms with Crippen molar-refractivity contribution in [3.8, 4) is 5.75 Å². The molecule has 2 heterocycles. The zero-order valence-corrected chi connectivity index (χ0v) is 15.7. The fourth-order valence-corrected chi connectivity index (χ4v) is 2.66. The topological polar surface area (TPSA) is 93.2 Å². The number of pyridine rings is 2. The molecule has 3 rings (SSSR count). The molecule has 0 fully saturated rings. The molecule has 0 aliphatic rings. The van der Waals surface area contributed by atoms with Gasteiger partial charge in [-0.3, -0.25) is 14.6 Å². The summed E-state index contributed by atoms with van der Waals surface area (Å²) in [6.07, 6.45) is 3.30. The van der Waals surface area contributed by atoms with Gasteiger partial charge in [0.05, 0.1) is 12.1 Å². The van der Waals surface area contributed by atoms with Gasteiger partial charge in [0.15, 0.2) is 0 Å². The van der Waals surface area contributed by atoms with Crippen LogP contribution in [0.4, 0.5) is 5.69 Å². The Morgan fingerprint density at radius 1 is 1.04 bits per heavy atom. The van der Waals surface area contributed by atoms with Crippen molar-refractivity contribution in [1.29, 1.82) is 0 Å². The molecule has 0 atom stereocenters. The quantitative estimate of drug-likeness (QED) is 0.666. The lowest BCUT2D eigenvalue weighted by Gasteiger charge is -2.09. The Kier molecular flexibility index (Phi) is 6.18. The van der Waals surface area contributed by atoms with Gasteiger partial charge >= 0.3 is 0 Å². The van der Waals surface area contributed by atoms with E-state index >= 15 is 0 Å². The highest BCUT2D eigenvalue weighted by Crippen LogP contribution is 2.27. The Morgan fingerprint density at radius 3 is 2.43 bits per heavy atom. The first kappa shape index (κ1) is 19.3. The number of carbonyl (C=O) groups is 2. The minimum absolute atomic E-state index is 0.114. The second kappa shape index (κ2) is 8.96. The summed E-state index contributed by atoms with van der Waals surface area (Å²) < 4.78 is 5.08. The maximum Gasteiger partial charge on any atom is 0.274 e. The number of hydrogen-bond donors (Lipinski definition) is 2. The van der Waals surface area contributed by atoms with Crippen LogP contribution in [0.2, 0.25) is 5.02 Å². The van der Waals surface area contributed by atoms with E-state index in [9.17, 15) is 9.59 Å². The molecule has 0 unspecified atom stereocenters. The monoisotopic (exact) mass is 396 g/mol. The number of benzene rings is 1. The van der Waals surface area contributed by atoms with E-state index in [2.05, 4.69) is 20.6 Å². The largest absolute Gasteiger partial charge is 0.495 e. The molecular weight excluding hydrogens is 380 g/mol. The second-order valence-electron chi connectivity index (χ2n) is 5.75. The van der Waals surface area contributed by atoms with Crippen LogP contribution in [-0.2, 0) is 6.54 Å². The standard InChI is InChI=1S/C20H17ClN4O3/c1-28-18-6-5-14(11-15(18)21)24-20(27)17-4-2-3-16(25-17)19(26)23-12-13-7-9-22-10-8-13/h2-11H,12H2,1H3,(H,23,26)(H,24,27). The molecule has 0 aliphatic heterocycles. The summed E-state index contributed by atoms with van der Waals surface area (Å²) >= 11 is 6.06. The number of methoxy groups -OCH3 is 1. The molecule has 2 aromatic heterocycles. The van der Waals surface area contributed by atoms with Crippen molar-refractivity contribution in [3.63, 3.8) is 0 Å². The fraction of sp³-hybridized carbons (Fsp3) is 0.100. The third-order valence-corrected chi connectivity index (χ3v) is 4.12. The van der Waals surface area contributed by atoms with Gasteiger partial charge in [0.25, 0.3) is 11.8 Å². The van der Waals surface area contributed by atoms with Crippen LogP contribution in [0, 0.1) is 0 Å². The van der Waals surface area contributed by atoms with E-state index in [4.69, 9.17) is 16.3 Å². The summed E-state index contributed by atoms with van der Waals surface area (Å²) in [5.74, 6) is -0.324. The number of nitrogens with one attached hydrogen (secondary N) is 2. The van der Waals surface area contributed by atoms with E-state index in [0.717, 1.165) is 5.56 Å². The Balaban J connectivity index is 1.67. The zero-order chi connectivity index (χ0) is 19.9. The maximum atomic E-state index is 12.4. The highest BCUT2D eigenvalue weighted by molar-refractivity contribution is 6.32. The van der Waals surface area contributed by atoms with Crippen LogP contribution in [0.15, 0.2) is 60.9 Å². The second-order valence-corrected chi connectivity index (χ2v) is 6.16. The fourth-order valence-electron chi connectivity index (χ4n) is 2.40. The number of halogens is 1. The molecule has 2 N–H and O–H groups in total. The Bertz CT molecular complexity index is 996. The van der Waals surface area contributed by atoms with Gasteiger partial charge in [0, 0.05) is 24.6 Å². The minimum Gasteiger partial charge on any atom is -0.495 e. The molecule has 8 heteroatoms. The van der Waals surface area contributed by atoms with Crippen molar-refractivity contribution in [2.45, 2.75) is 6.54 Å². The van der Waals surface area contributed by atoms with Crippen LogP contribution in [-0.4, -0.2) is 28.9 Å². The average Bonchev–Trinajstić information content (AvgIpc) is 2.73. The SMILES string of the molecule is COc1ccc(NC(=O)c2cccc(C(=O)NCc3ccncc3)n2)cc1Cl. The van der Waals surface area contributed by atoms with E-state index in [1.165, 1.54) is 13.2 Å². The van der Waals surface area contributed by atoms with Crippen molar-refractivity contribution in [1.82, 2.24) is 15.3 Å². The lowest BCUT2D eigenvalue weighted by Crippen LogP contribution is -2.25. The molecule has 0 radical (unpaired) electrons. The van der Waals surface area contributed by atoms with Gasteiger partial charge in [-0.15, -0.1) is 0 Å². The smallest absolute Gasteiger partial charge is 0.274 e. The lowest BCUT2D eigenvalue weighted by molar-refractivity contribution is 0.0945. The number of carbonyl (C=O) groups excluding carboxylic acids is 2. The summed E-state index contributed by atoms with van der Waals surface area (Å²) in [7, 11) is 1.51. The highest BCUT2D eigenvalue weighted by Gasteiger charge is 2.13. The minimum atomic E-state index is -0.454. The van der Waals surface area contributed by atoms with Crippen LogP contribution in [0.25, 0.3) is 0 Å². The molecule has 142 valence electrons. The predicted molar refractivity (Wildman–Crippen MR) is 106 cm³/mol. The molecule has 1 aromatic carbocycles. The molecule has 0 spiro atoms. The number of anilines is 1. The molecule has 0 bridgehead atoms. The van der Waals surface area contributed by atoms with Gasteiger partial charge in [-0.05, 0) is 48.0 Å². The summed E-state index contributed by atoms with van der Waals surface area (Å²) in [5.41, 5.74) is 1.66. The first-order valence-electron chi connectivity index (χ1n) is 8.36. The van der Waals surface area contributed by atoms with Gasteiger partial charge in [0.2, 0.25) is 0 Å². The van der Waals surface area contributed by atoms with Crippen LogP contribution >= 0.6 is 11.6 Å². The van der Waals surface area contributed by atoms with Crippen LogP contribution in [0.3, 0.4) is 0 Å². The number of rotatable bonds is 6. The number of hydrogen-bond acceptors (Lipinski definition) is 5. The Morgan fingerprint density at radius 2 is 1.75 bits per heavy atom. The third-order valence-electron chi connectivity index (χ3n) is 3.83. The first-order chi connectivity index (χ1) is 13.6. The molecular formula is C20H17ClN4O3. The van der Waals surface area contributed by atoms with E-state index in [-0.39, 0.29) is 17.3 Å². The van der Waals surface area contributed by atoms with Gasteiger partial charge in [-0.25, -0.2) is 4.98 Å². The summed E-state index contributed by atoms with van der Waals surface area (Å²) in [6, 6.07) is 13.2. The van der Waals surface area contributed by atoms with Gasteiger partial charge in [-0.1, -0.05) is 17.7 Å². The zero-order valence-electron chi connectivity index (χ0n) is 15.0. The van der Waals surface area contributed by atoms with Crippen molar-refractivity contribution in [3.05, 3.63) is 82.9 Å². The predicted octanol–water partition coefficient (Wildman–Crippen LogP) is 3.32. The summed E-state index contributed by atoms with van der Waals surface area (Å²) in [4.78, 5) is 32.8. The normalized spacial score (nSPS) is 10.2. The summed E-state index contributed by atoms with van der Waals surface area (Å²) in [6.45, 7) is 0.337. The highest BCUT2D eigenvalue weighted by atomic mass is 35.5. The number of ether oxygens (including phenoxy) is 1. The van der Waals surface area contributed by atoms with Crippen LogP contribution < -0.4 is 15.4 Å². The first-order valence-corrected chi connectivity index (χ1v) is 8.73. The number of aromatic nitrogens is 2. The maximum absolute atomic E-state index is 12.4. The van der Waals surface area contributed by atoms with E-state index in [0.29, 0.717) is 23.0 Å². The molecule has 0 saturated carbocycles. The molecule has 0 saturated heterocycles.